The predicted molar refractivity (Wildman–Crippen MR) is 222 cm³/mol. The Hall–Kier alpha value is -0.240. The molecular formula is C44H98O6. The second-order valence-electron chi connectivity index (χ2n) is 13.9. The van der Waals surface area contributed by atoms with Gasteiger partial charge in [0, 0.05) is 39.6 Å². The molecule has 0 amide bonds. The average molecular weight is 723 g/mol. The average Bonchev–Trinajstić information content (AvgIpc) is 3.14. The van der Waals surface area contributed by atoms with Crippen molar-refractivity contribution < 1.29 is 30.6 Å². The van der Waals surface area contributed by atoms with Crippen molar-refractivity contribution in [2.75, 3.05) is 39.6 Å². The molecule has 310 valence electrons. The van der Waals surface area contributed by atoms with Gasteiger partial charge in [-0.25, -0.2) is 0 Å². The van der Waals surface area contributed by atoms with Gasteiger partial charge in [0.2, 0.25) is 0 Å². The number of aliphatic hydroxyl groups is 6. The number of hydrogen-bond acceptors (Lipinski definition) is 6. The molecule has 0 radical (unpaired) electrons. The van der Waals surface area contributed by atoms with Gasteiger partial charge in [-0.2, -0.15) is 0 Å². The fourth-order valence-electron chi connectivity index (χ4n) is 5.21. The Labute approximate surface area is 315 Å². The van der Waals surface area contributed by atoms with Gasteiger partial charge in [0.05, 0.1) is 0 Å². The van der Waals surface area contributed by atoms with Crippen molar-refractivity contribution in [1.29, 1.82) is 0 Å². The maximum absolute atomic E-state index is 8.59. The lowest BCUT2D eigenvalue weighted by atomic mass is 10.1. The van der Waals surface area contributed by atoms with Crippen LogP contribution in [0.15, 0.2) is 0 Å². The van der Waals surface area contributed by atoms with E-state index in [1.807, 2.05) is 0 Å². The summed E-state index contributed by atoms with van der Waals surface area (Å²) in [5.74, 6) is 0. The second kappa shape index (κ2) is 70.4. The highest BCUT2D eigenvalue weighted by Gasteiger charge is 1.93. The molecule has 0 aromatic rings. The topological polar surface area (TPSA) is 121 Å². The molecule has 0 aliphatic heterocycles. The highest BCUT2D eigenvalue weighted by Crippen LogP contribution is 2.11. The molecule has 0 aliphatic rings. The number of rotatable bonds is 35. The monoisotopic (exact) mass is 723 g/mol. The molecule has 0 saturated carbocycles. The van der Waals surface area contributed by atoms with Crippen LogP contribution in [0.2, 0.25) is 0 Å². The SMILES string of the molecule is CCCCCCCCCCCCCO.CCCCCCCCCO.CCCCCCCO.CCCCCO.OCCCCCCCCCCO. The molecule has 0 rings (SSSR count). The van der Waals surface area contributed by atoms with Crippen LogP contribution in [0, 0.1) is 0 Å². The molecule has 0 unspecified atom stereocenters. The van der Waals surface area contributed by atoms with E-state index in [2.05, 4.69) is 27.7 Å². The molecule has 0 heterocycles. The first-order valence-corrected chi connectivity index (χ1v) is 22.2. The van der Waals surface area contributed by atoms with Gasteiger partial charge in [0.25, 0.3) is 0 Å². The van der Waals surface area contributed by atoms with Crippen LogP contribution < -0.4 is 0 Å². The molecule has 0 saturated heterocycles. The molecule has 6 heteroatoms. The van der Waals surface area contributed by atoms with Crippen molar-refractivity contribution in [3.05, 3.63) is 0 Å². The van der Waals surface area contributed by atoms with Crippen LogP contribution in [0.25, 0.3) is 0 Å². The largest absolute Gasteiger partial charge is 0.396 e. The molecule has 50 heavy (non-hydrogen) atoms. The zero-order valence-electron chi connectivity index (χ0n) is 35.0. The molecule has 6 N–H and O–H groups in total. The molecule has 6 nitrogen and oxygen atoms in total. The van der Waals surface area contributed by atoms with Crippen LogP contribution in [-0.4, -0.2) is 70.3 Å². The molecule has 0 bridgehead atoms. The van der Waals surface area contributed by atoms with E-state index in [1.54, 1.807) is 0 Å². The van der Waals surface area contributed by atoms with Gasteiger partial charge in [-0.05, 0) is 38.5 Å². The van der Waals surface area contributed by atoms with E-state index in [9.17, 15) is 0 Å². The second-order valence-corrected chi connectivity index (χ2v) is 13.9. The summed E-state index contributed by atoms with van der Waals surface area (Å²) >= 11 is 0. The molecule has 0 atom stereocenters. The maximum atomic E-state index is 8.59. The molecule has 0 aromatic heterocycles. The summed E-state index contributed by atoms with van der Waals surface area (Å²) < 4.78 is 0. The summed E-state index contributed by atoms with van der Waals surface area (Å²) in [6.07, 6.45) is 42.4. The van der Waals surface area contributed by atoms with Crippen LogP contribution in [0.3, 0.4) is 0 Å². The third-order valence-electron chi connectivity index (χ3n) is 8.61. The summed E-state index contributed by atoms with van der Waals surface area (Å²) in [5, 5.41) is 50.6. The maximum Gasteiger partial charge on any atom is 0.0431 e. The lowest BCUT2D eigenvalue weighted by Gasteiger charge is -2.01. The van der Waals surface area contributed by atoms with E-state index in [1.165, 1.54) is 161 Å². The van der Waals surface area contributed by atoms with Crippen molar-refractivity contribution in [2.45, 2.75) is 246 Å². The van der Waals surface area contributed by atoms with Crippen LogP contribution in [-0.2, 0) is 0 Å². The van der Waals surface area contributed by atoms with Gasteiger partial charge in [0.15, 0.2) is 0 Å². The summed E-state index contributed by atoms with van der Waals surface area (Å²) in [5.41, 5.74) is 0. The van der Waals surface area contributed by atoms with Gasteiger partial charge >= 0.3 is 0 Å². The minimum absolute atomic E-state index is 0.338. The van der Waals surface area contributed by atoms with Crippen molar-refractivity contribution in [2.24, 2.45) is 0 Å². The first kappa shape index (κ1) is 59.1. The number of hydrogen-bond donors (Lipinski definition) is 6. The normalized spacial score (nSPS) is 10.2. The molecular weight excluding hydrogens is 624 g/mol. The highest BCUT2D eigenvalue weighted by molar-refractivity contribution is 4.48. The Morgan fingerprint density at radius 1 is 0.160 bits per heavy atom. The molecule has 0 aliphatic carbocycles. The molecule has 0 spiro atoms. The number of unbranched alkanes of at least 4 members (excludes halogenated alkanes) is 29. The van der Waals surface area contributed by atoms with Gasteiger partial charge in [-0.15, -0.1) is 0 Å². The van der Waals surface area contributed by atoms with E-state index < -0.39 is 0 Å². The van der Waals surface area contributed by atoms with Crippen molar-refractivity contribution in [3.63, 3.8) is 0 Å². The van der Waals surface area contributed by atoms with E-state index in [0.717, 1.165) is 57.8 Å². The third kappa shape index (κ3) is 86.4. The Bertz CT molecular complexity index is 412. The van der Waals surface area contributed by atoms with Gasteiger partial charge in [-0.1, -0.05) is 207 Å². The van der Waals surface area contributed by atoms with E-state index in [4.69, 9.17) is 30.6 Å². The summed E-state index contributed by atoms with van der Waals surface area (Å²) in [7, 11) is 0. The zero-order chi connectivity index (χ0) is 38.3. The van der Waals surface area contributed by atoms with E-state index in [-0.39, 0.29) is 0 Å². The first-order valence-electron chi connectivity index (χ1n) is 22.2. The van der Waals surface area contributed by atoms with Gasteiger partial charge < -0.3 is 30.6 Å². The quantitative estimate of drug-likeness (QED) is 0.0362. The van der Waals surface area contributed by atoms with Crippen LogP contribution in [0.1, 0.15) is 246 Å². The summed E-state index contributed by atoms with van der Waals surface area (Å²) in [4.78, 5) is 0. The van der Waals surface area contributed by atoms with Crippen molar-refractivity contribution >= 4 is 0 Å². The van der Waals surface area contributed by atoms with Gasteiger partial charge in [0.1, 0.15) is 0 Å². The Kier molecular flexibility index (Phi) is 83.1. The first-order chi connectivity index (χ1) is 24.6. The van der Waals surface area contributed by atoms with E-state index >= 15 is 0 Å². The fourth-order valence-corrected chi connectivity index (χ4v) is 5.21. The Morgan fingerprint density at radius 2 is 0.260 bits per heavy atom. The van der Waals surface area contributed by atoms with Crippen LogP contribution >= 0.6 is 0 Å². The lowest BCUT2D eigenvalue weighted by molar-refractivity contribution is 0.279. The zero-order valence-corrected chi connectivity index (χ0v) is 35.0. The predicted octanol–water partition coefficient (Wildman–Crippen LogP) is 12.2. The third-order valence-corrected chi connectivity index (χ3v) is 8.61. The molecule has 0 aromatic carbocycles. The summed E-state index contributed by atoms with van der Waals surface area (Å²) in [6.45, 7) is 10.9. The Balaban J connectivity index is -0.000000173. The van der Waals surface area contributed by atoms with Crippen LogP contribution in [0.4, 0.5) is 0 Å². The van der Waals surface area contributed by atoms with E-state index in [0.29, 0.717) is 39.6 Å². The van der Waals surface area contributed by atoms with Gasteiger partial charge in [-0.3, -0.25) is 0 Å². The van der Waals surface area contributed by atoms with Crippen LogP contribution in [0.5, 0.6) is 0 Å². The summed E-state index contributed by atoms with van der Waals surface area (Å²) in [6, 6.07) is 0. The fraction of sp³-hybridized carbons (Fsp3) is 1.00. The van der Waals surface area contributed by atoms with Crippen molar-refractivity contribution in [1.82, 2.24) is 0 Å². The standard InChI is InChI=1S/C13H28O.C10H22O2.C9H20O.C7H16O.C5H12O/c1-2-3-4-5-6-7-8-9-10-11-12-13-14;11-9-7-5-3-1-2-4-6-8-10-12;1-2-3-4-5-6-7-8-9-10;1-2-3-4-5-6-7-8;1-2-3-4-5-6/h14H,2-13H2,1H3;11-12H,1-10H2;10H,2-9H2,1H3;8H,2-7H2,1H3;6H,2-5H2,1H3. The van der Waals surface area contributed by atoms with Crippen molar-refractivity contribution in [3.8, 4) is 0 Å². The number of aliphatic hydroxyl groups excluding tert-OH is 6. The minimum Gasteiger partial charge on any atom is -0.396 e. The molecule has 0 fully saturated rings. The lowest BCUT2D eigenvalue weighted by Crippen LogP contribution is -1.85. The minimum atomic E-state index is 0.338. The smallest absolute Gasteiger partial charge is 0.0431 e. The highest BCUT2D eigenvalue weighted by atomic mass is 16.3. The Morgan fingerprint density at radius 3 is 0.380 bits per heavy atom.